The molecule has 3 nitrogen and oxygen atoms in total. The Kier molecular flexibility index (Phi) is 3.80. The van der Waals surface area contributed by atoms with Gasteiger partial charge >= 0.3 is 0 Å². The highest BCUT2D eigenvalue weighted by Crippen LogP contribution is 2.20. The van der Waals surface area contributed by atoms with E-state index in [1.165, 1.54) is 19.3 Å². The van der Waals surface area contributed by atoms with E-state index in [-0.39, 0.29) is 5.91 Å². The molecule has 1 aromatic rings. The summed E-state index contributed by atoms with van der Waals surface area (Å²) in [6.45, 7) is 0.357. The van der Waals surface area contributed by atoms with E-state index in [1.54, 1.807) is 12.1 Å². The van der Waals surface area contributed by atoms with Crippen molar-refractivity contribution in [2.45, 2.75) is 25.3 Å². The quantitative estimate of drug-likeness (QED) is 0.846. The van der Waals surface area contributed by atoms with Gasteiger partial charge in [0.15, 0.2) is 0 Å². The molecule has 1 aliphatic rings. The first-order chi connectivity index (χ1) is 7.75. The number of amides is 1. The van der Waals surface area contributed by atoms with Crippen LogP contribution in [0.3, 0.4) is 0 Å². The van der Waals surface area contributed by atoms with Crippen molar-refractivity contribution in [2.24, 2.45) is 0 Å². The number of para-hydroxylation sites is 1. The zero-order valence-electron chi connectivity index (χ0n) is 9.00. The molecule has 1 fully saturated rings. The van der Waals surface area contributed by atoms with Crippen molar-refractivity contribution in [2.75, 3.05) is 11.9 Å². The summed E-state index contributed by atoms with van der Waals surface area (Å²) >= 11 is 5.93. The fraction of sp³-hybridized carbons (Fsp3) is 0.417. The molecule has 0 aromatic heterocycles. The molecule has 2 rings (SSSR count). The van der Waals surface area contributed by atoms with Gasteiger partial charge in [-0.1, -0.05) is 30.2 Å². The van der Waals surface area contributed by atoms with Crippen molar-refractivity contribution >= 4 is 23.2 Å². The number of hydrogen-bond donors (Lipinski definition) is 2. The predicted molar refractivity (Wildman–Crippen MR) is 65.7 cm³/mol. The van der Waals surface area contributed by atoms with Crippen molar-refractivity contribution in [1.82, 2.24) is 5.32 Å². The fourth-order valence-corrected chi connectivity index (χ4v) is 1.79. The predicted octanol–water partition coefficient (Wildman–Crippen LogP) is 2.42. The Hall–Kier alpha value is -1.06. The fourth-order valence-electron chi connectivity index (χ4n) is 1.61. The highest BCUT2D eigenvalue weighted by atomic mass is 35.5. The number of halogens is 1. The minimum absolute atomic E-state index is 0.0417. The van der Waals surface area contributed by atoms with Gasteiger partial charge in [-0.3, -0.25) is 4.79 Å². The van der Waals surface area contributed by atoms with E-state index in [1.807, 2.05) is 12.1 Å². The molecule has 16 heavy (non-hydrogen) atoms. The molecule has 0 unspecified atom stereocenters. The molecule has 0 saturated heterocycles. The van der Waals surface area contributed by atoms with Gasteiger partial charge in [-0.2, -0.15) is 0 Å². The van der Waals surface area contributed by atoms with Gasteiger partial charge in [0, 0.05) is 6.04 Å². The Morgan fingerprint density at radius 2 is 2.12 bits per heavy atom. The van der Waals surface area contributed by atoms with Crippen molar-refractivity contribution in [3.05, 3.63) is 29.3 Å². The third-order valence-electron chi connectivity index (χ3n) is 2.80. The van der Waals surface area contributed by atoms with Crippen LogP contribution in [0.2, 0.25) is 5.02 Å². The summed E-state index contributed by atoms with van der Waals surface area (Å²) < 4.78 is 0. The molecule has 1 aromatic carbocycles. The van der Waals surface area contributed by atoms with E-state index in [4.69, 9.17) is 11.6 Å². The van der Waals surface area contributed by atoms with E-state index in [2.05, 4.69) is 10.6 Å². The minimum Gasteiger partial charge on any atom is -0.324 e. The average Bonchev–Trinajstić information content (AvgIpc) is 2.19. The summed E-state index contributed by atoms with van der Waals surface area (Å²) in [5, 5.41) is 6.55. The van der Waals surface area contributed by atoms with Crippen LogP contribution in [-0.2, 0) is 4.79 Å². The largest absolute Gasteiger partial charge is 0.324 e. The summed E-state index contributed by atoms with van der Waals surface area (Å²) in [5.41, 5.74) is 0.671. The van der Waals surface area contributed by atoms with Gasteiger partial charge in [0.25, 0.3) is 0 Å². The Morgan fingerprint density at radius 3 is 2.75 bits per heavy atom. The maximum Gasteiger partial charge on any atom is 0.238 e. The molecule has 0 spiro atoms. The number of carbonyl (C=O) groups is 1. The van der Waals surface area contributed by atoms with Crippen LogP contribution in [0.25, 0.3) is 0 Å². The van der Waals surface area contributed by atoms with Crippen molar-refractivity contribution < 1.29 is 4.79 Å². The lowest BCUT2D eigenvalue weighted by Gasteiger charge is -2.26. The average molecular weight is 239 g/mol. The molecule has 86 valence electrons. The third-order valence-corrected chi connectivity index (χ3v) is 3.13. The van der Waals surface area contributed by atoms with Gasteiger partial charge in [0.05, 0.1) is 17.3 Å². The van der Waals surface area contributed by atoms with E-state index < -0.39 is 0 Å². The highest BCUT2D eigenvalue weighted by molar-refractivity contribution is 6.33. The smallest absolute Gasteiger partial charge is 0.238 e. The van der Waals surface area contributed by atoms with Gasteiger partial charge in [-0.25, -0.2) is 0 Å². The summed E-state index contributed by atoms with van der Waals surface area (Å²) in [6, 6.07) is 7.77. The van der Waals surface area contributed by atoms with E-state index >= 15 is 0 Å². The normalized spacial score (nSPS) is 15.6. The van der Waals surface area contributed by atoms with Crippen LogP contribution in [0.1, 0.15) is 19.3 Å². The van der Waals surface area contributed by atoms with Gasteiger partial charge in [-0.05, 0) is 25.0 Å². The van der Waals surface area contributed by atoms with Crippen LogP contribution >= 0.6 is 11.6 Å². The van der Waals surface area contributed by atoms with Crippen LogP contribution < -0.4 is 10.6 Å². The van der Waals surface area contributed by atoms with Gasteiger partial charge in [0.1, 0.15) is 0 Å². The molecular formula is C12H15ClN2O. The molecule has 0 atom stereocenters. The Morgan fingerprint density at radius 1 is 1.38 bits per heavy atom. The number of hydrogen-bond acceptors (Lipinski definition) is 2. The SMILES string of the molecule is O=C(CNC1CCC1)Nc1ccccc1Cl. The first kappa shape index (κ1) is 11.4. The topological polar surface area (TPSA) is 41.1 Å². The number of nitrogens with one attached hydrogen (secondary N) is 2. The van der Waals surface area contributed by atoms with E-state index in [9.17, 15) is 4.79 Å². The molecule has 1 aliphatic carbocycles. The van der Waals surface area contributed by atoms with Crippen molar-refractivity contribution in [3.8, 4) is 0 Å². The Labute approximate surface area is 100 Å². The lowest BCUT2D eigenvalue weighted by atomic mass is 9.93. The standard InChI is InChI=1S/C12H15ClN2O/c13-10-6-1-2-7-11(10)15-12(16)8-14-9-4-3-5-9/h1-2,6-7,9,14H,3-5,8H2,(H,15,16). The number of carbonyl (C=O) groups excluding carboxylic acids is 1. The monoisotopic (exact) mass is 238 g/mol. The molecule has 2 N–H and O–H groups in total. The van der Waals surface area contributed by atoms with Crippen LogP contribution in [0.4, 0.5) is 5.69 Å². The third kappa shape index (κ3) is 2.97. The summed E-state index contributed by atoms with van der Waals surface area (Å²) in [5.74, 6) is -0.0417. The lowest BCUT2D eigenvalue weighted by Crippen LogP contribution is -2.40. The summed E-state index contributed by atoms with van der Waals surface area (Å²) in [7, 11) is 0. The Bertz CT molecular complexity index is 377. The second kappa shape index (κ2) is 5.32. The van der Waals surface area contributed by atoms with Gasteiger partial charge in [0.2, 0.25) is 5.91 Å². The van der Waals surface area contributed by atoms with Crippen LogP contribution in [0, 0.1) is 0 Å². The van der Waals surface area contributed by atoms with Crippen LogP contribution in [0.15, 0.2) is 24.3 Å². The van der Waals surface area contributed by atoms with Crippen LogP contribution in [0.5, 0.6) is 0 Å². The molecule has 0 aliphatic heterocycles. The molecule has 4 heteroatoms. The second-order valence-corrected chi connectivity index (χ2v) is 4.44. The van der Waals surface area contributed by atoms with Crippen molar-refractivity contribution in [1.29, 1.82) is 0 Å². The zero-order chi connectivity index (χ0) is 11.4. The van der Waals surface area contributed by atoms with E-state index in [0.29, 0.717) is 23.3 Å². The minimum atomic E-state index is -0.0417. The first-order valence-electron chi connectivity index (χ1n) is 5.53. The number of rotatable bonds is 4. The number of benzene rings is 1. The lowest BCUT2D eigenvalue weighted by molar-refractivity contribution is -0.115. The van der Waals surface area contributed by atoms with Crippen molar-refractivity contribution in [3.63, 3.8) is 0 Å². The highest BCUT2D eigenvalue weighted by Gasteiger charge is 2.17. The molecule has 1 amide bonds. The Balaban J connectivity index is 1.80. The molecule has 1 saturated carbocycles. The zero-order valence-corrected chi connectivity index (χ0v) is 9.76. The van der Waals surface area contributed by atoms with Gasteiger partial charge < -0.3 is 10.6 Å². The summed E-state index contributed by atoms with van der Waals surface area (Å²) in [4.78, 5) is 11.6. The second-order valence-electron chi connectivity index (χ2n) is 4.04. The molecular weight excluding hydrogens is 224 g/mol. The van der Waals surface area contributed by atoms with E-state index in [0.717, 1.165) is 0 Å². The van der Waals surface area contributed by atoms with Crippen LogP contribution in [-0.4, -0.2) is 18.5 Å². The number of anilines is 1. The molecule has 0 heterocycles. The summed E-state index contributed by atoms with van der Waals surface area (Å²) in [6.07, 6.45) is 3.63. The maximum atomic E-state index is 11.6. The molecule has 0 radical (unpaired) electrons. The van der Waals surface area contributed by atoms with Gasteiger partial charge in [-0.15, -0.1) is 0 Å². The maximum absolute atomic E-state index is 11.6. The molecule has 0 bridgehead atoms. The first-order valence-corrected chi connectivity index (χ1v) is 5.91.